The average Bonchev–Trinajstić information content (AvgIpc) is 2.37. The van der Waals surface area contributed by atoms with Crippen molar-refractivity contribution in [1.29, 1.82) is 0 Å². The lowest BCUT2D eigenvalue weighted by Crippen LogP contribution is -2.30. The topological polar surface area (TPSA) is 93.2 Å². The summed E-state index contributed by atoms with van der Waals surface area (Å²) in [6.45, 7) is 6.22. The zero-order valence-corrected chi connectivity index (χ0v) is 11.3. The Morgan fingerprint density at radius 2 is 2.11 bits per heavy atom. The standard InChI is InChI=1S/C12H18N4O3/c1-4-13-10(17)7-15-12-14-6-9(8(3)16-12)11(18)19-5-2/h6H,4-5,7H2,1-3H3,(H,13,17)(H,14,15,16). The van der Waals surface area contributed by atoms with Gasteiger partial charge in [0.1, 0.15) is 0 Å². The summed E-state index contributed by atoms with van der Waals surface area (Å²) in [5.74, 6) is -0.287. The number of likely N-dealkylation sites (N-methyl/N-ethyl adjacent to an activating group) is 1. The van der Waals surface area contributed by atoms with Crippen molar-refractivity contribution in [3.63, 3.8) is 0 Å². The normalized spacial score (nSPS) is 9.84. The first-order valence-corrected chi connectivity index (χ1v) is 6.09. The fourth-order valence-corrected chi connectivity index (χ4v) is 1.38. The lowest BCUT2D eigenvalue weighted by Gasteiger charge is -2.08. The minimum Gasteiger partial charge on any atom is -0.462 e. The lowest BCUT2D eigenvalue weighted by atomic mass is 10.2. The Kier molecular flexibility index (Phi) is 5.72. The zero-order chi connectivity index (χ0) is 14.3. The van der Waals surface area contributed by atoms with Gasteiger partial charge in [-0.1, -0.05) is 0 Å². The van der Waals surface area contributed by atoms with Crippen LogP contribution < -0.4 is 10.6 Å². The van der Waals surface area contributed by atoms with Crippen LogP contribution in [0.25, 0.3) is 0 Å². The van der Waals surface area contributed by atoms with E-state index in [1.54, 1.807) is 13.8 Å². The maximum Gasteiger partial charge on any atom is 0.341 e. The number of carbonyl (C=O) groups excluding carboxylic acids is 2. The molecule has 0 aromatic carbocycles. The molecule has 0 unspecified atom stereocenters. The van der Waals surface area contributed by atoms with Crippen molar-refractivity contribution in [2.24, 2.45) is 0 Å². The summed E-state index contributed by atoms with van der Waals surface area (Å²) in [4.78, 5) is 30.9. The molecule has 1 amide bonds. The Morgan fingerprint density at radius 3 is 2.68 bits per heavy atom. The number of hydrogen-bond donors (Lipinski definition) is 2. The van der Waals surface area contributed by atoms with Gasteiger partial charge in [-0.15, -0.1) is 0 Å². The van der Waals surface area contributed by atoms with Crippen LogP contribution in [-0.2, 0) is 9.53 Å². The minimum atomic E-state index is -0.449. The molecule has 1 rings (SSSR count). The van der Waals surface area contributed by atoms with Crippen LogP contribution >= 0.6 is 0 Å². The number of ether oxygens (including phenoxy) is 1. The number of hydrogen-bond acceptors (Lipinski definition) is 6. The van der Waals surface area contributed by atoms with Gasteiger partial charge in [0.25, 0.3) is 0 Å². The molecule has 1 aromatic rings. The van der Waals surface area contributed by atoms with E-state index in [1.807, 2.05) is 6.92 Å². The highest BCUT2D eigenvalue weighted by molar-refractivity contribution is 5.90. The number of rotatable bonds is 6. The quantitative estimate of drug-likeness (QED) is 0.729. The van der Waals surface area contributed by atoms with Gasteiger partial charge in [0, 0.05) is 12.7 Å². The Bertz CT molecular complexity index is 462. The van der Waals surface area contributed by atoms with Gasteiger partial charge >= 0.3 is 5.97 Å². The fraction of sp³-hybridized carbons (Fsp3) is 0.500. The minimum absolute atomic E-state index is 0.0893. The highest BCUT2D eigenvalue weighted by atomic mass is 16.5. The predicted molar refractivity (Wildman–Crippen MR) is 69.9 cm³/mol. The zero-order valence-electron chi connectivity index (χ0n) is 11.3. The second-order valence-corrected chi connectivity index (χ2v) is 3.72. The lowest BCUT2D eigenvalue weighted by molar-refractivity contribution is -0.119. The van der Waals surface area contributed by atoms with Gasteiger partial charge in [-0.2, -0.15) is 0 Å². The van der Waals surface area contributed by atoms with Gasteiger partial charge in [0.15, 0.2) is 0 Å². The molecule has 0 saturated heterocycles. The van der Waals surface area contributed by atoms with E-state index >= 15 is 0 Å². The van der Waals surface area contributed by atoms with E-state index in [-0.39, 0.29) is 12.5 Å². The molecule has 0 radical (unpaired) electrons. The Labute approximate surface area is 111 Å². The van der Waals surface area contributed by atoms with Crippen molar-refractivity contribution in [2.45, 2.75) is 20.8 Å². The maximum atomic E-state index is 11.5. The van der Waals surface area contributed by atoms with Gasteiger partial charge in [-0.3, -0.25) is 4.79 Å². The summed E-state index contributed by atoms with van der Waals surface area (Å²) >= 11 is 0. The molecule has 19 heavy (non-hydrogen) atoms. The van der Waals surface area contributed by atoms with Crippen molar-refractivity contribution in [1.82, 2.24) is 15.3 Å². The monoisotopic (exact) mass is 266 g/mol. The van der Waals surface area contributed by atoms with Crippen LogP contribution in [0, 0.1) is 6.92 Å². The molecule has 104 valence electrons. The Morgan fingerprint density at radius 1 is 1.37 bits per heavy atom. The molecular formula is C12H18N4O3. The molecule has 0 bridgehead atoms. The summed E-state index contributed by atoms with van der Waals surface area (Å²) in [7, 11) is 0. The first-order chi connectivity index (χ1) is 9.08. The van der Waals surface area contributed by atoms with Crippen molar-refractivity contribution < 1.29 is 14.3 Å². The molecule has 7 nitrogen and oxygen atoms in total. The third-order valence-corrected chi connectivity index (χ3v) is 2.26. The Balaban J connectivity index is 2.66. The van der Waals surface area contributed by atoms with E-state index in [0.717, 1.165) is 0 Å². The number of amides is 1. The SMILES string of the molecule is CCNC(=O)CNc1ncc(C(=O)OCC)c(C)n1. The molecule has 1 aromatic heterocycles. The van der Waals surface area contributed by atoms with E-state index in [4.69, 9.17) is 4.74 Å². The van der Waals surface area contributed by atoms with E-state index in [9.17, 15) is 9.59 Å². The number of carbonyl (C=O) groups is 2. The van der Waals surface area contributed by atoms with Crippen molar-refractivity contribution in [2.75, 3.05) is 25.0 Å². The largest absolute Gasteiger partial charge is 0.462 e. The van der Waals surface area contributed by atoms with E-state index in [1.165, 1.54) is 6.20 Å². The second-order valence-electron chi connectivity index (χ2n) is 3.72. The Hall–Kier alpha value is -2.18. The van der Waals surface area contributed by atoms with Crippen molar-refractivity contribution in [3.8, 4) is 0 Å². The number of anilines is 1. The van der Waals surface area contributed by atoms with Crippen LogP contribution in [0.3, 0.4) is 0 Å². The fourth-order valence-electron chi connectivity index (χ4n) is 1.38. The second kappa shape index (κ2) is 7.30. The molecule has 2 N–H and O–H groups in total. The van der Waals surface area contributed by atoms with Crippen LogP contribution in [0.5, 0.6) is 0 Å². The van der Waals surface area contributed by atoms with Crippen molar-refractivity contribution >= 4 is 17.8 Å². The number of esters is 1. The molecule has 0 aliphatic carbocycles. The molecule has 0 spiro atoms. The van der Waals surface area contributed by atoms with Crippen LogP contribution in [0.1, 0.15) is 29.9 Å². The summed E-state index contributed by atoms with van der Waals surface area (Å²) in [6.07, 6.45) is 1.39. The van der Waals surface area contributed by atoms with Gasteiger partial charge in [-0.05, 0) is 20.8 Å². The number of aryl methyl sites for hydroxylation is 1. The first kappa shape index (κ1) is 14.9. The summed E-state index contributed by atoms with van der Waals surface area (Å²) in [5, 5.41) is 5.43. The number of aromatic nitrogens is 2. The summed E-state index contributed by atoms with van der Waals surface area (Å²) in [5.41, 5.74) is 0.831. The maximum absolute atomic E-state index is 11.5. The smallest absolute Gasteiger partial charge is 0.341 e. The highest BCUT2D eigenvalue weighted by Gasteiger charge is 2.12. The van der Waals surface area contributed by atoms with E-state index < -0.39 is 5.97 Å². The first-order valence-electron chi connectivity index (χ1n) is 6.09. The van der Waals surface area contributed by atoms with Crippen molar-refractivity contribution in [3.05, 3.63) is 17.5 Å². The molecule has 0 saturated carbocycles. The third-order valence-electron chi connectivity index (χ3n) is 2.26. The van der Waals surface area contributed by atoms with Crippen LogP contribution in [0.2, 0.25) is 0 Å². The summed E-state index contributed by atoms with van der Waals surface area (Å²) in [6, 6.07) is 0. The van der Waals surface area contributed by atoms with Gasteiger partial charge in [0.2, 0.25) is 11.9 Å². The van der Waals surface area contributed by atoms with Crippen LogP contribution in [0.4, 0.5) is 5.95 Å². The van der Waals surface area contributed by atoms with Crippen LogP contribution in [0.15, 0.2) is 6.20 Å². The van der Waals surface area contributed by atoms with Crippen LogP contribution in [-0.4, -0.2) is 41.5 Å². The molecular weight excluding hydrogens is 248 g/mol. The van der Waals surface area contributed by atoms with E-state index in [0.29, 0.717) is 30.4 Å². The predicted octanol–water partition coefficient (Wildman–Crippen LogP) is 0.510. The average molecular weight is 266 g/mol. The number of nitrogens with one attached hydrogen (secondary N) is 2. The van der Waals surface area contributed by atoms with Gasteiger partial charge < -0.3 is 15.4 Å². The van der Waals surface area contributed by atoms with Gasteiger partial charge in [-0.25, -0.2) is 14.8 Å². The molecule has 0 aliphatic heterocycles. The van der Waals surface area contributed by atoms with Gasteiger partial charge in [0.05, 0.1) is 24.4 Å². The number of nitrogens with zero attached hydrogens (tertiary/aromatic N) is 2. The van der Waals surface area contributed by atoms with E-state index in [2.05, 4.69) is 20.6 Å². The highest BCUT2D eigenvalue weighted by Crippen LogP contribution is 2.08. The molecule has 1 heterocycles. The molecule has 0 atom stereocenters. The molecule has 0 fully saturated rings. The summed E-state index contributed by atoms with van der Waals surface area (Å²) < 4.78 is 4.88. The molecule has 0 aliphatic rings. The molecule has 7 heteroatoms. The third kappa shape index (κ3) is 4.53.